The van der Waals surface area contributed by atoms with Crippen molar-refractivity contribution in [2.75, 3.05) is 19.7 Å². The van der Waals surface area contributed by atoms with Gasteiger partial charge in [0.05, 0.1) is 6.10 Å². The van der Waals surface area contributed by atoms with Crippen LogP contribution in [-0.2, 0) is 0 Å². The predicted molar refractivity (Wildman–Crippen MR) is 81.9 cm³/mol. The molecule has 1 aromatic carbocycles. The average molecular weight is 344 g/mol. The van der Waals surface area contributed by atoms with Crippen molar-refractivity contribution < 1.29 is 14.9 Å². The molecule has 3 N–H and O–H groups in total. The summed E-state index contributed by atoms with van der Waals surface area (Å²) in [4.78, 5) is 0. The minimum absolute atomic E-state index is 0.133. The molecule has 5 heteroatoms. The van der Waals surface area contributed by atoms with Gasteiger partial charge < -0.3 is 20.3 Å². The van der Waals surface area contributed by atoms with Crippen LogP contribution in [0.5, 0.6) is 5.75 Å². The topological polar surface area (TPSA) is 61.7 Å². The first-order valence-corrected chi connectivity index (χ1v) is 7.88. The molecule has 1 saturated carbocycles. The molecular formula is C15H22BrNO3. The van der Waals surface area contributed by atoms with Crippen LogP contribution in [0.25, 0.3) is 0 Å². The normalized spacial score (nSPS) is 23.8. The molecule has 0 aromatic heterocycles. The Labute approximate surface area is 128 Å². The summed E-state index contributed by atoms with van der Waals surface area (Å²) in [6.45, 7) is 1.64. The Bertz CT molecular complexity index is 416. The van der Waals surface area contributed by atoms with Gasteiger partial charge in [-0.15, -0.1) is 0 Å². The van der Waals surface area contributed by atoms with Crippen molar-refractivity contribution in [3.05, 3.63) is 28.7 Å². The van der Waals surface area contributed by atoms with Gasteiger partial charge in [-0.3, -0.25) is 0 Å². The lowest BCUT2D eigenvalue weighted by Gasteiger charge is -2.15. The molecule has 1 aliphatic rings. The van der Waals surface area contributed by atoms with Gasteiger partial charge in [0.2, 0.25) is 0 Å². The molecule has 1 aromatic rings. The van der Waals surface area contributed by atoms with Crippen LogP contribution in [0.2, 0.25) is 0 Å². The average Bonchev–Trinajstić information content (AvgIpc) is 2.82. The molecule has 0 aliphatic heterocycles. The fraction of sp³-hybridized carbons (Fsp3) is 0.600. The van der Waals surface area contributed by atoms with Crippen molar-refractivity contribution in [3.63, 3.8) is 0 Å². The van der Waals surface area contributed by atoms with E-state index >= 15 is 0 Å². The molecule has 2 rings (SSSR count). The highest BCUT2D eigenvalue weighted by Crippen LogP contribution is 2.24. The van der Waals surface area contributed by atoms with Crippen molar-refractivity contribution in [2.24, 2.45) is 5.92 Å². The number of aliphatic hydroxyl groups excluding tert-OH is 2. The van der Waals surface area contributed by atoms with E-state index in [4.69, 9.17) is 4.74 Å². The zero-order valence-electron chi connectivity index (χ0n) is 11.5. The standard InChI is InChI=1S/C15H22BrNO3/c16-12-2-1-3-15(7-12)20-10-14(19)9-17-8-11-4-5-13(18)6-11/h1-3,7,11,13-14,17-19H,4-6,8-10H2. The van der Waals surface area contributed by atoms with Gasteiger partial charge in [0, 0.05) is 11.0 Å². The summed E-state index contributed by atoms with van der Waals surface area (Å²) in [6.07, 6.45) is 2.18. The number of hydrogen-bond donors (Lipinski definition) is 3. The summed E-state index contributed by atoms with van der Waals surface area (Å²) in [5.41, 5.74) is 0. The van der Waals surface area contributed by atoms with Gasteiger partial charge in [-0.1, -0.05) is 22.0 Å². The van der Waals surface area contributed by atoms with Crippen LogP contribution in [0, 0.1) is 5.92 Å². The third kappa shape index (κ3) is 5.40. The highest BCUT2D eigenvalue weighted by molar-refractivity contribution is 9.10. The lowest BCUT2D eigenvalue weighted by molar-refractivity contribution is 0.105. The predicted octanol–water partition coefficient (Wildman–Crippen LogP) is 1.94. The Morgan fingerprint density at radius 1 is 1.40 bits per heavy atom. The maximum Gasteiger partial charge on any atom is 0.120 e. The second-order valence-electron chi connectivity index (χ2n) is 5.41. The van der Waals surface area contributed by atoms with Crippen molar-refractivity contribution in [1.29, 1.82) is 0 Å². The first-order valence-electron chi connectivity index (χ1n) is 7.08. The number of hydrogen-bond acceptors (Lipinski definition) is 4. The molecule has 112 valence electrons. The molecule has 1 aliphatic carbocycles. The van der Waals surface area contributed by atoms with E-state index in [0.717, 1.165) is 36.0 Å². The smallest absolute Gasteiger partial charge is 0.120 e. The molecular weight excluding hydrogens is 322 g/mol. The molecule has 4 nitrogen and oxygen atoms in total. The van der Waals surface area contributed by atoms with Crippen molar-refractivity contribution in [2.45, 2.75) is 31.5 Å². The van der Waals surface area contributed by atoms with Gasteiger partial charge in [0.1, 0.15) is 18.5 Å². The van der Waals surface area contributed by atoms with E-state index in [1.807, 2.05) is 24.3 Å². The molecule has 0 heterocycles. The monoisotopic (exact) mass is 343 g/mol. The molecule has 0 bridgehead atoms. The Kier molecular flexibility index (Phi) is 6.29. The van der Waals surface area contributed by atoms with Crippen LogP contribution in [-0.4, -0.2) is 42.1 Å². The third-order valence-electron chi connectivity index (χ3n) is 3.56. The molecule has 3 unspecified atom stereocenters. The summed E-state index contributed by atoms with van der Waals surface area (Å²) < 4.78 is 6.49. The highest BCUT2D eigenvalue weighted by atomic mass is 79.9. The lowest BCUT2D eigenvalue weighted by atomic mass is 10.1. The van der Waals surface area contributed by atoms with E-state index in [1.165, 1.54) is 0 Å². The molecule has 0 spiro atoms. The van der Waals surface area contributed by atoms with E-state index < -0.39 is 6.10 Å². The van der Waals surface area contributed by atoms with Crippen LogP contribution in [0.3, 0.4) is 0 Å². The quantitative estimate of drug-likeness (QED) is 0.708. The zero-order valence-corrected chi connectivity index (χ0v) is 13.1. The van der Waals surface area contributed by atoms with Crippen molar-refractivity contribution >= 4 is 15.9 Å². The Morgan fingerprint density at radius 2 is 2.25 bits per heavy atom. The number of benzene rings is 1. The summed E-state index contributed by atoms with van der Waals surface area (Å²) in [7, 11) is 0. The van der Waals surface area contributed by atoms with Gasteiger partial charge in [0.15, 0.2) is 0 Å². The van der Waals surface area contributed by atoms with E-state index in [2.05, 4.69) is 21.2 Å². The number of nitrogens with one attached hydrogen (secondary N) is 1. The van der Waals surface area contributed by atoms with Crippen LogP contribution in [0.4, 0.5) is 0 Å². The maximum absolute atomic E-state index is 9.86. The minimum Gasteiger partial charge on any atom is -0.491 e. The summed E-state index contributed by atoms with van der Waals surface area (Å²) in [6, 6.07) is 7.57. The van der Waals surface area contributed by atoms with Gasteiger partial charge in [-0.05, 0) is 49.9 Å². The van der Waals surface area contributed by atoms with Crippen molar-refractivity contribution in [1.82, 2.24) is 5.32 Å². The Hall–Kier alpha value is -0.620. The van der Waals surface area contributed by atoms with Gasteiger partial charge in [-0.25, -0.2) is 0 Å². The molecule has 3 atom stereocenters. The zero-order chi connectivity index (χ0) is 14.4. The van der Waals surface area contributed by atoms with Crippen LogP contribution in [0.1, 0.15) is 19.3 Å². The number of aliphatic hydroxyl groups is 2. The molecule has 0 saturated heterocycles. The maximum atomic E-state index is 9.86. The summed E-state index contributed by atoms with van der Waals surface area (Å²) in [5, 5.41) is 22.5. The second-order valence-corrected chi connectivity index (χ2v) is 6.33. The summed E-state index contributed by atoms with van der Waals surface area (Å²) >= 11 is 3.38. The Balaban J connectivity index is 1.59. The second kappa shape index (κ2) is 7.98. The third-order valence-corrected chi connectivity index (χ3v) is 4.06. The van der Waals surface area contributed by atoms with Crippen LogP contribution in [0.15, 0.2) is 28.7 Å². The van der Waals surface area contributed by atoms with Gasteiger partial charge in [0.25, 0.3) is 0 Å². The molecule has 0 radical (unpaired) electrons. The first-order chi connectivity index (χ1) is 9.63. The van der Waals surface area contributed by atoms with Crippen molar-refractivity contribution in [3.8, 4) is 5.75 Å². The van der Waals surface area contributed by atoms with Gasteiger partial charge in [-0.2, -0.15) is 0 Å². The summed E-state index contributed by atoms with van der Waals surface area (Å²) in [5.74, 6) is 1.28. The Morgan fingerprint density at radius 3 is 2.95 bits per heavy atom. The van der Waals surface area contributed by atoms with Crippen LogP contribution >= 0.6 is 15.9 Å². The number of halogens is 1. The van der Waals surface area contributed by atoms with E-state index in [9.17, 15) is 10.2 Å². The lowest BCUT2D eigenvalue weighted by Crippen LogP contribution is -2.34. The molecule has 0 amide bonds. The van der Waals surface area contributed by atoms with E-state index in [-0.39, 0.29) is 12.7 Å². The largest absolute Gasteiger partial charge is 0.491 e. The van der Waals surface area contributed by atoms with E-state index in [0.29, 0.717) is 12.5 Å². The van der Waals surface area contributed by atoms with Crippen LogP contribution < -0.4 is 10.1 Å². The highest BCUT2D eigenvalue weighted by Gasteiger charge is 2.22. The number of rotatable bonds is 7. The molecule has 1 fully saturated rings. The fourth-order valence-corrected chi connectivity index (χ4v) is 2.87. The van der Waals surface area contributed by atoms with Gasteiger partial charge >= 0.3 is 0 Å². The number of ether oxygens (including phenoxy) is 1. The molecule has 20 heavy (non-hydrogen) atoms. The SMILES string of the molecule is OC(CNCC1CCC(O)C1)COc1cccc(Br)c1. The fourth-order valence-electron chi connectivity index (χ4n) is 2.50. The van der Waals surface area contributed by atoms with E-state index in [1.54, 1.807) is 0 Å². The first kappa shape index (κ1) is 15.8. The minimum atomic E-state index is -0.527.